The molecule has 2 aromatic carbocycles. The van der Waals surface area contributed by atoms with Gasteiger partial charge in [0.2, 0.25) is 0 Å². The average Bonchev–Trinajstić information content (AvgIpc) is 2.73. The molecule has 2 fully saturated rings. The molecule has 5 heteroatoms. The minimum absolute atomic E-state index is 0.00485. The maximum absolute atomic E-state index is 12.6. The van der Waals surface area contributed by atoms with Gasteiger partial charge in [-0.2, -0.15) is 0 Å². The van der Waals surface area contributed by atoms with Crippen LogP contribution in [0, 0.1) is 0 Å². The van der Waals surface area contributed by atoms with Crippen LogP contribution < -0.4 is 10.6 Å². The van der Waals surface area contributed by atoms with Gasteiger partial charge in [-0.15, -0.1) is 0 Å². The van der Waals surface area contributed by atoms with E-state index in [2.05, 4.69) is 45.9 Å². The molecule has 2 aliphatic rings. The number of nitrogens with one attached hydrogen (secondary N) is 2. The van der Waals surface area contributed by atoms with Crippen molar-refractivity contribution in [1.29, 1.82) is 0 Å². The molecular weight excluding hydrogens is 374 g/mol. The Kier molecular flexibility index (Phi) is 6.48. The quantitative estimate of drug-likeness (QED) is 0.689. The molecule has 5 nitrogen and oxygen atoms in total. The van der Waals surface area contributed by atoms with Crippen molar-refractivity contribution in [3.8, 4) is 0 Å². The van der Waals surface area contributed by atoms with Crippen LogP contribution in [-0.2, 0) is 6.42 Å². The van der Waals surface area contributed by atoms with Crippen LogP contribution in [0.5, 0.6) is 0 Å². The largest absolute Gasteiger partial charge is 0.335 e. The van der Waals surface area contributed by atoms with Crippen LogP contribution in [0.15, 0.2) is 54.6 Å². The standard InChI is InChI=1S/C25H31N3O2/c1-18(29)20-9-5-10-21(15-20)26-25(30)27-22-16-23-11-6-12-24(17-22)28(23)14-13-19-7-3-2-4-8-19/h2-5,7-10,15,22-24H,6,11-14,16-17H2,1H3,(H2,26,27,30)/t23-,24-/m1/s1. The van der Waals surface area contributed by atoms with E-state index >= 15 is 0 Å². The first-order valence-corrected chi connectivity index (χ1v) is 11.1. The van der Waals surface area contributed by atoms with Gasteiger partial charge in [0, 0.05) is 35.9 Å². The number of amides is 2. The number of hydrogen-bond donors (Lipinski definition) is 2. The van der Waals surface area contributed by atoms with Crippen LogP contribution in [0.25, 0.3) is 0 Å². The van der Waals surface area contributed by atoms with E-state index in [0.29, 0.717) is 23.3 Å². The molecule has 2 N–H and O–H groups in total. The average molecular weight is 406 g/mol. The molecule has 0 aliphatic carbocycles. The summed E-state index contributed by atoms with van der Waals surface area (Å²) in [6, 6.07) is 18.9. The number of carbonyl (C=O) groups is 2. The fourth-order valence-corrected chi connectivity index (χ4v) is 5.03. The summed E-state index contributed by atoms with van der Waals surface area (Å²) >= 11 is 0. The van der Waals surface area contributed by atoms with E-state index in [1.165, 1.54) is 31.7 Å². The zero-order valence-corrected chi connectivity index (χ0v) is 17.6. The second kappa shape index (κ2) is 9.43. The van der Waals surface area contributed by atoms with Crippen molar-refractivity contribution in [1.82, 2.24) is 10.2 Å². The molecule has 2 bridgehead atoms. The van der Waals surface area contributed by atoms with Crippen LogP contribution in [0.1, 0.15) is 54.9 Å². The fraction of sp³-hybridized carbons (Fsp3) is 0.440. The summed E-state index contributed by atoms with van der Waals surface area (Å²) in [4.78, 5) is 26.8. The molecule has 0 saturated carbocycles. The normalized spacial score (nSPS) is 23.6. The molecule has 2 saturated heterocycles. The van der Waals surface area contributed by atoms with Gasteiger partial charge in [-0.1, -0.05) is 48.9 Å². The maximum atomic E-state index is 12.6. The molecular formula is C25H31N3O2. The van der Waals surface area contributed by atoms with Gasteiger partial charge in [-0.25, -0.2) is 4.79 Å². The molecule has 30 heavy (non-hydrogen) atoms. The lowest BCUT2D eigenvalue weighted by atomic mass is 9.81. The van der Waals surface area contributed by atoms with Crippen molar-refractivity contribution in [3.63, 3.8) is 0 Å². The van der Waals surface area contributed by atoms with Crippen molar-refractivity contribution in [2.45, 2.75) is 63.6 Å². The fourth-order valence-electron chi connectivity index (χ4n) is 5.03. The summed E-state index contributed by atoms with van der Waals surface area (Å²) in [5.74, 6) is -0.00485. The van der Waals surface area contributed by atoms with Gasteiger partial charge in [-0.05, 0) is 56.7 Å². The van der Waals surface area contributed by atoms with E-state index in [-0.39, 0.29) is 17.9 Å². The second-order valence-electron chi connectivity index (χ2n) is 8.62. The molecule has 2 heterocycles. The zero-order valence-electron chi connectivity index (χ0n) is 17.6. The Bertz CT molecular complexity index is 869. The molecule has 0 aromatic heterocycles. The van der Waals surface area contributed by atoms with Crippen molar-refractivity contribution < 1.29 is 9.59 Å². The lowest BCUT2D eigenvalue weighted by Gasteiger charge is -2.49. The van der Waals surface area contributed by atoms with Crippen molar-refractivity contribution >= 4 is 17.5 Å². The van der Waals surface area contributed by atoms with Gasteiger partial charge in [0.25, 0.3) is 0 Å². The summed E-state index contributed by atoms with van der Waals surface area (Å²) in [6.07, 6.45) is 6.81. The van der Waals surface area contributed by atoms with E-state index in [0.717, 1.165) is 25.8 Å². The van der Waals surface area contributed by atoms with Crippen LogP contribution in [-0.4, -0.2) is 41.4 Å². The Morgan fingerprint density at radius 1 is 1.00 bits per heavy atom. The number of ketones is 1. The summed E-state index contributed by atoms with van der Waals surface area (Å²) in [6.45, 7) is 2.62. The Balaban J connectivity index is 1.32. The van der Waals surface area contributed by atoms with Crippen molar-refractivity contribution in [3.05, 3.63) is 65.7 Å². The predicted molar refractivity (Wildman–Crippen MR) is 120 cm³/mol. The van der Waals surface area contributed by atoms with Crippen LogP contribution >= 0.6 is 0 Å². The number of urea groups is 1. The number of benzene rings is 2. The first-order valence-electron chi connectivity index (χ1n) is 11.1. The third-order valence-electron chi connectivity index (χ3n) is 6.49. The molecule has 0 spiro atoms. The van der Waals surface area contributed by atoms with E-state index < -0.39 is 0 Å². The van der Waals surface area contributed by atoms with E-state index in [1.54, 1.807) is 18.2 Å². The number of fused-ring (bicyclic) bond motifs is 2. The highest BCUT2D eigenvalue weighted by atomic mass is 16.2. The second-order valence-corrected chi connectivity index (χ2v) is 8.62. The van der Waals surface area contributed by atoms with Crippen LogP contribution in [0.4, 0.5) is 10.5 Å². The van der Waals surface area contributed by atoms with E-state index in [4.69, 9.17) is 0 Å². The smallest absolute Gasteiger partial charge is 0.319 e. The summed E-state index contributed by atoms with van der Waals surface area (Å²) in [7, 11) is 0. The minimum Gasteiger partial charge on any atom is -0.335 e. The minimum atomic E-state index is -0.184. The Hall–Kier alpha value is -2.66. The number of hydrogen-bond acceptors (Lipinski definition) is 3. The Morgan fingerprint density at radius 3 is 2.43 bits per heavy atom. The highest BCUT2D eigenvalue weighted by Crippen LogP contribution is 2.34. The zero-order chi connectivity index (χ0) is 20.9. The highest BCUT2D eigenvalue weighted by Gasteiger charge is 2.38. The molecule has 158 valence electrons. The first kappa shape index (κ1) is 20.6. The third-order valence-corrected chi connectivity index (χ3v) is 6.49. The number of Topliss-reactive ketones (excluding diaryl/α,β-unsaturated/α-hetero) is 1. The maximum Gasteiger partial charge on any atom is 0.319 e. The van der Waals surface area contributed by atoms with Crippen LogP contribution in [0.3, 0.4) is 0 Å². The molecule has 2 atom stereocenters. The topological polar surface area (TPSA) is 61.4 Å². The van der Waals surface area contributed by atoms with E-state index in [1.807, 2.05) is 6.07 Å². The number of nitrogens with zero attached hydrogens (tertiary/aromatic N) is 1. The molecule has 2 aliphatic heterocycles. The van der Waals surface area contributed by atoms with Gasteiger partial charge in [0.15, 0.2) is 5.78 Å². The van der Waals surface area contributed by atoms with E-state index in [9.17, 15) is 9.59 Å². The highest BCUT2D eigenvalue weighted by molar-refractivity contribution is 5.96. The number of carbonyl (C=O) groups excluding carboxylic acids is 2. The van der Waals surface area contributed by atoms with Gasteiger partial charge >= 0.3 is 6.03 Å². The van der Waals surface area contributed by atoms with Gasteiger partial charge in [0.05, 0.1) is 0 Å². The lowest BCUT2D eigenvalue weighted by molar-refractivity contribution is 0.0280. The van der Waals surface area contributed by atoms with Crippen molar-refractivity contribution in [2.75, 3.05) is 11.9 Å². The number of piperidine rings is 2. The van der Waals surface area contributed by atoms with Gasteiger partial charge in [-0.3, -0.25) is 9.69 Å². The number of anilines is 1. The predicted octanol–water partition coefficient (Wildman–Crippen LogP) is 4.64. The molecule has 0 unspecified atom stereocenters. The SMILES string of the molecule is CC(=O)c1cccc(NC(=O)NC2C[C@H]3CCC[C@H](C2)N3CCc2ccccc2)c1. The monoisotopic (exact) mass is 405 g/mol. The Morgan fingerprint density at radius 2 is 1.73 bits per heavy atom. The van der Waals surface area contributed by atoms with Gasteiger partial charge < -0.3 is 10.6 Å². The van der Waals surface area contributed by atoms with Crippen LogP contribution in [0.2, 0.25) is 0 Å². The Labute approximate surface area is 178 Å². The summed E-state index contributed by atoms with van der Waals surface area (Å²) < 4.78 is 0. The first-order chi connectivity index (χ1) is 14.6. The molecule has 0 radical (unpaired) electrons. The summed E-state index contributed by atoms with van der Waals surface area (Å²) in [5.41, 5.74) is 2.65. The third kappa shape index (κ3) is 5.08. The lowest BCUT2D eigenvalue weighted by Crippen LogP contribution is -2.57. The number of rotatable bonds is 6. The molecule has 4 rings (SSSR count). The molecule has 2 amide bonds. The summed E-state index contributed by atoms with van der Waals surface area (Å²) in [5, 5.41) is 6.07. The molecule has 2 aromatic rings. The van der Waals surface area contributed by atoms with Gasteiger partial charge in [0.1, 0.15) is 0 Å². The van der Waals surface area contributed by atoms with Crippen molar-refractivity contribution in [2.24, 2.45) is 0 Å².